The second-order valence-electron chi connectivity index (χ2n) is 5.37. The van der Waals surface area contributed by atoms with E-state index in [1.165, 1.54) is 5.56 Å². The third-order valence-electron chi connectivity index (χ3n) is 3.80. The van der Waals surface area contributed by atoms with Crippen molar-refractivity contribution in [2.45, 2.75) is 13.1 Å². The molecule has 4 rings (SSSR count). The number of rotatable bonds is 5. The number of para-hydroxylation sites is 1. The molecule has 0 fully saturated rings. The van der Waals surface area contributed by atoms with Crippen LogP contribution in [-0.2, 0) is 13.1 Å². The SMILES string of the molecule is c1cc(CNCc2ccnc(-n3cccc3)c2)c2c(c1)OCO2. The largest absolute Gasteiger partial charge is 0.454 e. The highest BCUT2D eigenvalue weighted by molar-refractivity contribution is 5.48. The van der Waals surface area contributed by atoms with Crippen LogP contribution in [0.15, 0.2) is 61.1 Å². The molecule has 23 heavy (non-hydrogen) atoms. The van der Waals surface area contributed by atoms with Gasteiger partial charge in [-0.25, -0.2) is 4.98 Å². The van der Waals surface area contributed by atoms with E-state index in [0.29, 0.717) is 6.79 Å². The van der Waals surface area contributed by atoms with Gasteiger partial charge in [-0.1, -0.05) is 12.1 Å². The fraction of sp³-hybridized carbons (Fsp3) is 0.167. The summed E-state index contributed by atoms with van der Waals surface area (Å²) in [6, 6.07) is 14.1. The maximum atomic E-state index is 5.52. The second-order valence-corrected chi connectivity index (χ2v) is 5.37. The molecule has 1 N–H and O–H groups in total. The van der Waals surface area contributed by atoms with Crippen LogP contribution in [0.5, 0.6) is 11.5 Å². The maximum absolute atomic E-state index is 5.52. The minimum atomic E-state index is 0.303. The lowest BCUT2D eigenvalue weighted by Gasteiger charge is -2.09. The van der Waals surface area contributed by atoms with Crippen LogP contribution < -0.4 is 14.8 Å². The standard InChI is InChI=1S/C18H17N3O2/c1-2-9-21(8-1)17-10-14(6-7-20-17)11-19-12-15-4-3-5-16-18(15)23-13-22-16/h1-10,19H,11-13H2. The summed E-state index contributed by atoms with van der Waals surface area (Å²) in [5.74, 6) is 2.59. The van der Waals surface area contributed by atoms with Gasteiger partial charge in [0.05, 0.1) is 0 Å². The lowest BCUT2D eigenvalue weighted by Crippen LogP contribution is -2.13. The molecule has 0 saturated heterocycles. The van der Waals surface area contributed by atoms with Gasteiger partial charge in [0, 0.05) is 37.2 Å². The molecule has 3 aromatic rings. The fourth-order valence-corrected chi connectivity index (χ4v) is 2.67. The van der Waals surface area contributed by atoms with Crippen LogP contribution in [0.2, 0.25) is 0 Å². The van der Waals surface area contributed by atoms with Crippen LogP contribution in [0.1, 0.15) is 11.1 Å². The molecule has 0 atom stereocenters. The summed E-state index contributed by atoms with van der Waals surface area (Å²) in [6.45, 7) is 1.80. The molecule has 1 aliphatic heterocycles. The highest BCUT2D eigenvalue weighted by atomic mass is 16.7. The third-order valence-corrected chi connectivity index (χ3v) is 3.80. The van der Waals surface area contributed by atoms with E-state index in [1.807, 2.05) is 53.5 Å². The van der Waals surface area contributed by atoms with Crippen LogP contribution in [0.4, 0.5) is 0 Å². The fourth-order valence-electron chi connectivity index (χ4n) is 2.67. The zero-order valence-electron chi connectivity index (χ0n) is 12.6. The number of aromatic nitrogens is 2. The van der Waals surface area contributed by atoms with E-state index in [9.17, 15) is 0 Å². The Balaban J connectivity index is 1.42. The Kier molecular flexibility index (Phi) is 3.70. The van der Waals surface area contributed by atoms with E-state index < -0.39 is 0 Å². The smallest absolute Gasteiger partial charge is 0.231 e. The predicted octanol–water partition coefficient (Wildman–Crippen LogP) is 2.89. The van der Waals surface area contributed by atoms with Gasteiger partial charge in [-0.3, -0.25) is 0 Å². The number of benzene rings is 1. The highest BCUT2D eigenvalue weighted by Gasteiger charge is 2.16. The van der Waals surface area contributed by atoms with Crippen molar-refractivity contribution >= 4 is 0 Å². The van der Waals surface area contributed by atoms with Crippen LogP contribution >= 0.6 is 0 Å². The van der Waals surface area contributed by atoms with E-state index in [4.69, 9.17) is 9.47 Å². The van der Waals surface area contributed by atoms with E-state index in [-0.39, 0.29) is 0 Å². The molecule has 5 nitrogen and oxygen atoms in total. The Labute approximate surface area is 134 Å². The van der Waals surface area contributed by atoms with Crippen molar-refractivity contribution in [2.75, 3.05) is 6.79 Å². The van der Waals surface area contributed by atoms with E-state index in [2.05, 4.69) is 22.4 Å². The quantitative estimate of drug-likeness (QED) is 0.787. The molecular formula is C18H17N3O2. The van der Waals surface area contributed by atoms with Crippen molar-refractivity contribution in [3.05, 3.63) is 72.2 Å². The second kappa shape index (κ2) is 6.14. The Morgan fingerprint density at radius 3 is 2.87 bits per heavy atom. The summed E-state index contributed by atoms with van der Waals surface area (Å²) in [7, 11) is 0. The van der Waals surface area contributed by atoms with Crippen LogP contribution in [0.3, 0.4) is 0 Å². The molecule has 5 heteroatoms. The Bertz CT molecular complexity index is 800. The minimum Gasteiger partial charge on any atom is -0.454 e. The summed E-state index contributed by atoms with van der Waals surface area (Å²) in [5, 5.41) is 3.45. The lowest BCUT2D eigenvalue weighted by molar-refractivity contribution is 0.173. The van der Waals surface area contributed by atoms with Crippen LogP contribution in [0.25, 0.3) is 5.82 Å². The Hall–Kier alpha value is -2.79. The molecule has 3 heterocycles. The molecule has 0 aliphatic carbocycles. The molecule has 0 spiro atoms. The van der Waals surface area contributed by atoms with Gasteiger partial charge < -0.3 is 19.4 Å². The summed E-state index contributed by atoms with van der Waals surface area (Å²) in [6.07, 6.45) is 5.82. The minimum absolute atomic E-state index is 0.303. The van der Waals surface area contributed by atoms with Gasteiger partial charge in [-0.2, -0.15) is 0 Å². The Morgan fingerprint density at radius 1 is 1.04 bits per heavy atom. The summed E-state index contributed by atoms with van der Waals surface area (Å²) in [4.78, 5) is 4.39. The summed E-state index contributed by atoms with van der Waals surface area (Å²) in [5.41, 5.74) is 2.30. The first-order valence-electron chi connectivity index (χ1n) is 7.56. The Morgan fingerprint density at radius 2 is 1.96 bits per heavy atom. The van der Waals surface area contributed by atoms with Crippen molar-refractivity contribution < 1.29 is 9.47 Å². The predicted molar refractivity (Wildman–Crippen MR) is 86.7 cm³/mol. The van der Waals surface area contributed by atoms with E-state index in [0.717, 1.165) is 36.0 Å². The third kappa shape index (κ3) is 2.91. The molecule has 1 aromatic carbocycles. The van der Waals surface area contributed by atoms with Gasteiger partial charge in [0.1, 0.15) is 5.82 Å². The number of ether oxygens (including phenoxy) is 2. The lowest BCUT2D eigenvalue weighted by atomic mass is 10.2. The molecule has 0 amide bonds. The van der Waals surface area contributed by atoms with Gasteiger partial charge in [-0.15, -0.1) is 0 Å². The van der Waals surface area contributed by atoms with Crippen molar-refractivity contribution in [3.8, 4) is 17.3 Å². The molecule has 0 bridgehead atoms. The van der Waals surface area contributed by atoms with Crippen molar-refractivity contribution in [2.24, 2.45) is 0 Å². The first-order chi connectivity index (χ1) is 11.4. The van der Waals surface area contributed by atoms with Gasteiger partial charge in [0.25, 0.3) is 0 Å². The molecule has 116 valence electrons. The first kappa shape index (κ1) is 13.8. The normalized spacial score (nSPS) is 12.5. The average Bonchev–Trinajstić information content (AvgIpc) is 3.27. The number of hydrogen-bond donors (Lipinski definition) is 1. The number of pyridine rings is 1. The van der Waals surface area contributed by atoms with E-state index in [1.54, 1.807) is 0 Å². The molecule has 0 saturated carbocycles. The number of nitrogens with zero attached hydrogens (tertiary/aromatic N) is 2. The van der Waals surface area contributed by atoms with Crippen LogP contribution in [-0.4, -0.2) is 16.3 Å². The zero-order chi connectivity index (χ0) is 15.5. The molecular weight excluding hydrogens is 290 g/mol. The van der Waals surface area contributed by atoms with Crippen LogP contribution in [0, 0.1) is 0 Å². The molecule has 0 unspecified atom stereocenters. The van der Waals surface area contributed by atoms with Crippen molar-refractivity contribution in [1.82, 2.24) is 14.9 Å². The maximum Gasteiger partial charge on any atom is 0.231 e. The number of nitrogens with one attached hydrogen (secondary N) is 1. The average molecular weight is 307 g/mol. The van der Waals surface area contributed by atoms with Gasteiger partial charge in [-0.05, 0) is 35.9 Å². The van der Waals surface area contributed by atoms with Crippen molar-refractivity contribution in [1.29, 1.82) is 0 Å². The van der Waals surface area contributed by atoms with Gasteiger partial charge in [0.15, 0.2) is 11.5 Å². The first-order valence-corrected chi connectivity index (χ1v) is 7.56. The molecule has 1 aliphatic rings. The zero-order valence-corrected chi connectivity index (χ0v) is 12.6. The molecule has 2 aromatic heterocycles. The highest BCUT2D eigenvalue weighted by Crippen LogP contribution is 2.35. The van der Waals surface area contributed by atoms with Crippen molar-refractivity contribution in [3.63, 3.8) is 0 Å². The monoisotopic (exact) mass is 307 g/mol. The van der Waals surface area contributed by atoms with E-state index >= 15 is 0 Å². The topological polar surface area (TPSA) is 48.3 Å². The van der Waals surface area contributed by atoms with Gasteiger partial charge in [0.2, 0.25) is 6.79 Å². The van der Waals surface area contributed by atoms with Gasteiger partial charge >= 0.3 is 0 Å². The summed E-state index contributed by atoms with van der Waals surface area (Å²) < 4.78 is 12.9. The summed E-state index contributed by atoms with van der Waals surface area (Å²) >= 11 is 0. The number of hydrogen-bond acceptors (Lipinski definition) is 4. The molecule has 0 radical (unpaired) electrons. The number of fused-ring (bicyclic) bond motifs is 1.